The second-order valence-corrected chi connectivity index (χ2v) is 8.42. The number of nitrogens with one attached hydrogen (secondary N) is 2. The van der Waals surface area contributed by atoms with Crippen molar-refractivity contribution in [3.63, 3.8) is 0 Å². The van der Waals surface area contributed by atoms with E-state index in [1.807, 2.05) is 19.1 Å². The van der Waals surface area contributed by atoms with Gasteiger partial charge >= 0.3 is 0 Å². The van der Waals surface area contributed by atoms with E-state index in [4.69, 9.17) is 14.3 Å². The summed E-state index contributed by atoms with van der Waals surface area (Å²) in [6, 6.07) is 8.74. The molecule has 1 unspecified atom stereocenters. The van der Waals surface area contributed by atoms with Crippen LogP contribution in [-0.4, -0.2) is 73.0 Å². The third-order valence-electron chi connectivity index (χ3n) is 5.76. The number of rotatable bonds is 10. The van der Waals surface area contributed by atoms with Gasteiger partial charge in [-0.2, -0.15) is 4.98 Å². The lowest BCUT2D eigenvalue weighted by molar-refractivity contribution is 0.00867. The van der Waals surface area contributed by atoms with Crippen molar-refractivity contribution in [2.45, 2.75) is 46.6 Å². The quantitative estimate of drug-likeness (QED) is 0.257. The lowest BCUT2D eigenvalue weighted by Gasteiger charge is -2.36. The van der Waals surface area contributed by atoms with Crippen molar-refractivity contribution in [3.8, 4) is 11.5 Å². The van der Waals surface area contributed by atoms with Crippen LogP contribution in [0.4, 0.5) is 0 Å². The van der Waals surface area contributed by atoms with Crippen molar-refractivity contribution in [3.05, 3.63) is 35.7 Å². The second kappa shape index (κ2) is 14.5. The summed E-state index contributed by atoms with van der Waals surface area (Å²) >= 11 is 0. The molecule has 9 heteroatoms. The molecule has 1 fully saturated rings. The van der Waals surface area contributed by atoms with Crippen molar-refractivity contribution in [1.29, 1.82) is 0 Å². The fourth-order valence-electron chi connectivity index (χ4n) is 3.84. The van der Waals surface area contributed by atoms with Crippen LogP contribution in [0.2, 0.25) is 0 Å². The van der Waals surface area contributed by atoms with Crippen LogP contribution in [0.15, 0.2) is 33.8 Å². The number of halogens is 1. The summed E-state index contributed by atoms with van der Waals surface area (Å²) in [5, 5.41) is 10.8. The summed E-state index contributed by atoms with van der Waals surface area (Å²) in [4.78, 5) is 11.8. The molecule has 0 saturated carbocycles. The highest BCUT2D eigenvalue weighted by atomic mass is 127. The first-order valence-corrected chi connectivity index (χ1v) is 11.9. The lowest BCUT2D eigenvalue weighted by atomic mass is 10.0. The van der Waals surface area contributed by atoms with Crippen molar-refractivity contribution in [2.24, 2.45) is 10.9 Å². The number of aryl methyl sites for hydroxylation is 1. The molecule has 0 spiro atoms. The maximum absolute atomic E-state index is 5.51. The SMILES string of the molecule is CCNC(=NCC(C(C)C)N1CCOCC1)NCCc1ccc(-c2nc(CC)no2)cc1.I. The number of hydrogen-bond donors (Lipinski definition) is 2. The summed E-state index contributed by atoms with van der Waals surface area (Å²) in [6.07, 6.45) is 1.68. The topological polar surface area (TPSA) is 87.8 Å². The molecule has 0 radical (unpaired) electrons. The molecule has 0 aliphatic carbocycles. The second-order valence-electron chi connectivity index (χ2n) is 8.42. The van der Waals surface area contributed by atoms with Crippen LogP contribution in [0, 0.1) is 5.92 Å². The Hall–Kier alpha value is -1.72. The molecule has 2 aromatic rings. The molecular weight excluding hydrogens is 531 g/mol. The summed E-state index contributed by atoms with van der Waals surface area (Å²) < 4.78 is 10.8. The first-order valence-electron chi connectivity index (χ1n) is 11.9. The maximum atomic E-state index is 5.51. The minimum Gasteiger partial charge on any atom is -0.379 e. The number of guanidine groups is 1. The molecule has 1 aromatic heterocycles. The van der Waals surface area contributed by atoms with Gasteiger partial charge in [0, 0.05) is 44.2 Å². The third-order valence-corrected chi connectivity index (χ3v) is 5.76. The third kappa shape index (κ3) is 8.53. The van der Waals surface area contributed by atoms with Gasteiger partial charge < -0.3 is 19.9 Å². The first-order chi connectivity index (χ1) is 15.6. The molecule has 1 aliphatic heterocycles. The summed E-state index contributed by atoms with van der Waals surface area (Å²) in [5.41, 5.74) is 2.20. The van der Waals surface area contributed by atoms with E-state index in [0.717, 1.165) is 76.1 Å². The van der Waals surface area contributed by atoms with Crippen LogP contribution in [0.3, 0.4) is 0 Å². The van der Waals surface area contributed by atoms with Crippen LogP contribution in [0.1, 0.15) is 39.1 Å². The standard InChI is InChI=1S/C24H38N6O2.HI/c1-5-22-28-23(32-29-22)20-9-7-19(8-10-20)11-12-26-24(25-6-2)27-17-21(18(3)4)30-13-15-31-16-14-30;/h7-10,18,21H,5-6,11-17H2,1-4H3,(H2,25,26,27);1H. The monoisotopic (exact) mass is 570 g/mol. The number of morpholine rings is 1. The van der Waals surface area contributed by atoms with Gasteiger partial charge in [0.05, 0.1) is 19.8 Å². The largest absolute Gasteiger partial charge is 0.379 e. The van der Waals surface area contributed by atoms with E-state index in [2.05, 4.69) is 58.6 Å². The zero-order valence-corrected chi connectivity index (χ0v) is 22.7. The Bertz CT molecular complexity index is 834. The zero-order chi connectivity index (χ0) is 22.8. The highest BCUT2D eigenvalue weighted by Crippen LogP contribution is 2.18. The fraction of sp³-hybridized carbons (Fsp3) is 0.625. The number of aromatic nitrogens is 2. The Kier molecular flexibility index (Phi) is 12.1. The molecule has 33 heavy (non-hydrogen) atoms. The smallest absolute Gasteiger partial charge is 0.257 e. The number of nitrogens with zero attached hydrogens (tertiary/aromatic N) is 4. The van der Waals surface area contributed by atoms with Crippen molar-refractivity contribution in [2.75, 3.05) is 45.9 Å². The molecule has 0 amide bonds. The Balaban J connectivity index is 0.00000385. The average Bonchev–Trinajstić information content (AvgIpc) is 3.29. The van der Waals surface area contributed by atoms with Gasteiger partial charge in [0.1, 0.15) is 0 Å². The van der Waals surface area contributed by atoms with Gasteiger partial charge in [-0.25, -0.2) is 0 Å². The Morgan fingerprint density at radius 2 is 1.85 bits per heavy atom. The number of benzene rings is 1. The predicted molar refractivity (Wildman–Crippen MR) is 143 cm³/mol. The molecule has 184 valence electrons. The van der Waals surface area contributed by atoms with E-state index in [1.165, 1.54) is 5.56 Å². The van der Waals surface area contributed by atoms with Gasteiger partial charge in [-0.1, -0.05) is 38.1 Å². The summed E-state index contributed by atoms with van der Waals surface area (Å²) in [5.74, 6) is 2.73. The van der Waals surface area contributed by atoms with E-state index in [-0.39, 0.29) is 24.0 Å². The molecule has 0 bridgehead atoms. The predicted octanol–water partition coefficient (Wildman–Crippen LogP) is 3.37. The van der Waals surface area contributed by atoms with Crippen LogP contribution in [0.25, 0.3) is 11.5 Å². The maximum Gasteiger partial charge on any atom is 0.257 e. The van der Waals surface area contributed by atoms with E-state index in [0.29, 0.717) is 17.9 Å². The minimum absolute atomic E-state index is 0. The number of aliphatic imine (C=N–C) groups is 1. The highest BCUT2D eigenvalue weighted by Gasteiger charge is 2.23. The Morgan fingerprint density at radius 1 is 1.12 bits per heavy atom. The lowest BCUT2D eigenvalue weighted by Crippen LogP contribution is -2.48. The van der Waals surface area contributed by atoms with Gasteiger partial charge in [0.2, 0.25) is 0 Å². The van der Waals surface area contributed by atoms with Crippen LogP contribution < -0.4 is 10.6 Å². The fourth-order valence-corrected chi connectivity index (χ4v) is 3.84. The van der Waals surface area contributed by atoms with Gasteiger partial charge in [0.15, 0.2) is 11.8 Å². The van der Waals surface area contributed by atoms with Gasteiger partial charge in [-0.3, -0.25) is 9.89 Å². The van der Waals surface area contributed by atoms with Crippen LogP contribution in [-0.2, 0) is 17.6 Å². The number of hydrogen-bond acceptors (Lipinski definition) is 6. The molecule has 3 rings (SSSR count). The van der Waals surface area contributed by atoms with Gasteiger partial charge in [-0.15, -0.1) is 24.0 Å². The Labute approximate surface area is 215 Å². The molecule has 2 heterocycles. The molecule has 1 atom stereocenters. The summed E-state index contributed by atoms with van der Waals surface area (Å²) in [6.45, 7) is 14.7. The summed E-state index contributed by atoms with van der Waals surface area (Å²) in [7, 11) is 0. The van der Waals surface area contributed by atoms with E-state index in [9.17, 15) is 0 Å². The van der Waals surface area contributed by atoms with E-state index < -0.39 is 0 Å². The number of ether oxygens (including phenoxy) is 1. The van der Waals surface area contributed by atoms with Crippen LogP contribution in [0.5, 0.6) is 0 Å². The van der Waals surface area contributed by atoms with E-state index in [1.54, 1.807) is 0 Å². The Morgan fingerprint density at radius 3 is 2.45 bits per heavy atom. The molecule has 1 saturated heterocycles. The van der Waals surface area contributed by atoms with Gasteiger partial charge in [-0.05, 0) is 37.0 Å². The molecule has 1 aromatic carbocycles. The minimum atomic E-state index is 0. The molecular formula is C24H39IN6O2. The van der Waals surface area contributed by atoms with E-state index >= 15 is 0 Å². The zero-order valence-electron chi connectivity index (χ0n) is 20.3. The van der Waals surface area contributed by atoms with Crippen molar-refractivity contribution in [1.82, 2.24) is 25.7 Å². The molecule has 2 N–H and O–H groups in total. The molecule has 8 nitrogen and oxygen atoms in total. The van der Waals surface area contributed by atoms with Gasteiger partial charge in [0.25, 0.3) is 5.89 Å². The van der Waals surface area contributed by atoms with Crippen LogP contribution >= 0.6 is 24.0 Å². The highest BCUT2D eigenvalue weighted by molar-refractivity contribution is 14.0. The normalized spacial score (nSPS) is 15.8. The average molecular weight is 571 g/mol. The van der Waals surface area contributed by atoms with Crippen molar-refractivity contribution < 1.29 is 9.26 Å². The van der Waals surface area contributed by atoms with Crippen molar-refractivity contribution >= 4 is 29.9 Å². The molecule has 1 aliphatic rings. The first kappa shape index (κ1) is 27.5.